The van der Waals surface area contributed by atoms with Crippen molar-refractivity contribution in [2.24, 2.45) is 0 Å². The van der Waals surface area contributed by atoms with Crippen LogP contribution in [-0.2, 0) is 0 Å². The second-order valence-corrected chi connectivity index (χ2v) is 5.64. The van der Waals surface area contributed by atoms with Crippen LogP contribution in [0.5, 0.6) is 0 Å². The predicted octanol–water partition coefficient (Wildman–Crippen LogP) is 4.12. The fraction of sp³-hybridized carbons (Fsp3) is 0. The third kappa shape index (κ3) is 3.21. The Bertz CT molecular complexity index is 954. The number of aromatic nitrogens is 3. The summed E-state index contributed by atoms with van der Waals surface area (Å²) in [6.07, 6.45) is 5.65. The van der Waals surface area contributed by atoms with E-state index in [1.165, 1.54) is 0 Å². The second kappa shape index (κ2) is 6.49. The number of hydrogen-bond acceptors (Lipinski definition) is 2. The van der Waals surface area contributed by atoms with Gasteiger partial charge in [0.15, 0.2) is 0 Å². The third-order valence-electron chi connectivity index (χ3n) is 3.99. The minimum absolute atomic E-state index is 0.131. The normalized spacial score (nSPS) is 10.6. The molecule has 0 aliphatic heterocycles. The molecule has 4 aromatic rings. The van der Waals surface area contributed by atoms with Gasteiger partial charge in [0.2, 0.25) is 0 Å². The molecule has 5 nitrogen and oxygen atoms in total. The van der Waals surface area contributed by atoms with Crippen molar-refractivity contribution in [2.45, 2.75) is 0 Å². The molecule has 1 amide bonds. The molecule has 0 unspecified atom stereocenters. The largest absolute Gasteiger partial charge is 0.324 e. The molecule has 0 atom stereocenters. The lowest BCUT2D eigenvalue weighted by Crippen LogP contribution is -2.11. The first-order valence-corrected chi connectivity index (χ1v) is 7.94. The lowest BCUT2D eigenvalue weighted by atomic mass is 10.1. The lowest BCUT2D eigenvalue weighted by molar-refractivity contribution is 0.102. The van der Waals surface area contributed by atoms with Crippen molar-refractivity contribution in [2.75, 3.05) is 5.32 Å². The average molecular weight is 328 g/mol. The maximum atomic E-state index is 12.4. The number of anilines is 1. The summed E-state index contributed by atoms with van der Waals surface area (Å²) in [6, 6.07) is 21.0. The van der Waals surface area contributed by atoms with Crippen molar-refractivity contribution in [3.8, 4) is 16.9 Å². The standard InChI is InChI=1S/C20H16N4O/c25-20(16-5-9-18(10-6-16)24-13-1-2-14-24)22-17-7-3-15(4-8-17)19-11-12-21-23-19/h1-14H,(H,21,23)(H,22,25). The number of amides is 1. The van der Waals surface area contributed by atoms with Gasteiger partial charge in [-0.3, -0.25) is 9.89 Å². The van der Waals surface area contributed by atoms with Crippen LogP contribution in [0.2, 0.25) is 0 Å². The van der Waals surface area contributed by atoms with Crippen LogP contribution in [0.3, 0.4) is 0 Å². The molecule has 0 radical (unpaired) electrons. The number of benzene rings is 2. The molecule has 5 heteroatoms. The summed E-state index contributed by atoms with van der Waals surface area (Å²) in [4.78, 5) is 12.4. The Hall–Kier alpha value is -3.60. The highest BCUT2D eigenvalue weighted by Gasteiger charge is 2.07. The van der Waals surface area contributed by atoms with E-state index >= 15 is 0 Å². The first kappa shape index (κ1) is 15.0. The molecule has 0 aliphatic rings. The van der Waals surface area contributed by atoms with Crippen molar-refractivity contribution in [3.63, 3.8) is 0 Å². The van der Waals surface area contributed by atoms with Crippen molar-refractivity contribution >= 4 is 11.6 Å². The first-order chi connectivity index (χ1) is 12.3. The Labute approximate surface area is 144 Å². The van der Waals surface area contributed by atoms with Crippen molar-refractivity contribution in [1.29, 1.82) is 0 Å². The highest BCUT2D eigenvalue weighted by Crippen LogP contribution is 2.19. The van der Waals surface area contributed by atoms with E-state index < -0.39 is 0 Å². The predicted molar refractivity (Wildman–Crippen MR) is 97.7 cm³/mol. The first-order valence-electron chi connectivity index (χ1n) is 7.94. The van der Waals surface area contributed by atoms with E-state index in [1.54, 1.807) is 6.20 Å². The smallest absolute Gasteiger partial charge is 0.255 e. The Kier molecular flexibility index (Phi) is 3.88. The number of H-pyrrole nitrogens is 1. The van der Waals surface area contributed by atoms with Gasteiger partial charge < -0.3 is 9.88 Å². The maximum Gasteiger partial charge on any atom is 0.255 e. The number of rotatable bonds is 4. The molecular formula is C20H16N4O. The van der Waals surface area contributed by atoms with Gasteiger partial charge in [-0.2, -0.15) is 5.10 Å². The molecule has 25 heavy (non-hydrogen) atoms. The van der Waals surface area contributed by atoms with Gasteiger partial charge in [-0.15, -0.1) is 0 Å². The summed E-state index contributed by atoms with van der Waals surface area (Å²) in [5.74, 6) is -0.131. The molecule has 0 spiro atoms. The average Bonchev–Trinajstić information content (AvgIpc) is 3.36. The summed E-state index contributed by atoms with van der Waals surface area (Å²) < 4.78 is 2.00. The lowest BCUT2D eigenvalue weighted by Gasteiger charge is -2.08. The summed E-state index contributed by atoms with van der Waals surface area (Å²) in [6.45, 7) is 0. The van der Waals surface area contributed by atoms with Crippen LogP contribution in [0.1, 0.15) is 10.4 Å². The minimum Gasteiger partial charge on any atom is -0.324 e. The molecule has 0 saturated heterocycles. The Morgan fingerprint density at radius 1 is 0.920 bits per heavy atom. The van der Waals surface area contributed by atoms with Gasteiger partial charge in [0, 0.05) is 35.5 Å². The van der Waals surface area contributed by atoms with Gasteiger partial charge in [0.1, 0.15) is 0 Å². The fourth-order valence-electron chi connectivity index (χ4n) is 2.64. The van der Waals surface area contributed by atoms with Gasteiger partial charge in [0.05, 0.1) is 5.69 Å². The van der Waals surface area contributed by atoms with E-state index in [0.29, 0.717) is 5.56 Å². The zero-order chi connectivity index (χ0) is 17.1. The SMILES string of the molecule is O=C(Nc1ccc(-c2ccn[nH]2)cc1)c1ccc(-n2cccc2)cc1. The molecule has 122 valence electrons. The van der Waals surface area contributed by atoms with Gasteiger partial charge in [-0.1, -0.05) is 12.1 Å². The highest BCUT2D eigenvalue weighted by atomic mass is 16.1. The molecule has 0 fully saturated rings. The van der Waals surface area contributed by atoms with Crippen LogP contribution < -0.4 is 5.32 Å². The van der Waals surface area contributed by atoms with Crippen molar-refractivity contribution in [1.82, 2.24) is 14.8 Å². The number of nitrogens with zero attached hydrogens (tertiary/aromatic N) is 2. The van der Waals surface area contributed by atoms with Crippen LogP contribution >= 0.6 is 0 Å². The van der Waals surface area contributed by atoms with Crippen LogP contribution in [0, 0.1) is 0 Å². The molecular weight excluding hydrogens is 312 g/mol. The quantitative estimate of drug-likeness (QED) is 0.592. The third-order valence-corrected chi connectivity index (χ3v) is 3.99. The Morgan fingerprint density at radius 3 is 2.28 bits per heavy atom. The monoisotopic (exact) mass is 328 g/mol. The minimum atomic E-state index is -0.131. The highest BCUT2D eigenvalue weighted by molar-refractivity contribution is 6.04. The number of hydrogen-bond donors (Lipinski definition) is 2. The number of carbonyl (C=O) groups excluding carboxylic acids is 1. The number of nitrogens with one attached hydrogen (secondary N) is 2. The Morgan fingerprint density at radius 2 is 1.64 bits per heavy atom. The van der Waals surface area contributed by atoms with E-state index in [2.05, 4.69) is 15.5 Å². The van der Waals surface area contributed by atoms with E-state index in [9.17, 15) is 4.79 Å². The zero-order valence-corrected chi connectivity index (χ0v) is 13.4. The molecule has 4 rings (SSSR count). The molecule has 0 aliphatic carbocycles. The fourth-order valence-corrected chi connectivity index (χ4v) is 2.64. The molecule has 2 aromatic heterocycles. The van der Waals surface area contributed by atoms with Crippen molar-refractivity contribution in [3.05, 3.63) is 90.9 Å². The maximum absolute atomic E-state index is 12.4. The summed E-state index contributed by atoms with van der Waals surface area (Å²) in [7, 11) is 0. The van der Waals surface area contributed by atoms with Crippen LogP contribution in [0.4, 0.5) is 5.69 Å². The summed E-state index contributed by atoms with van der Waals surface area (Å²) in [5, 5.41) is 9.77. The second-order valence-electron chi connectivity index (χ2n) is 5.64. The van der Waals surface area contributed by atoms with Gasteiger partial charge in [-0.05, 0) is 60.2 Å². The van der Waals surface area contributed by atoms with E-state index in [1.807, 2.05) is 83.7 Å². The van der Waals surface area contributed by atoms with E-state index in [0.717, 1.165) is 22.6 Å². The topological polar surface area (TPSA) is 62.7 Å². The van der Waals surface area contributed by atoms with Crippen LogP contribution in [0.25, 0.3) is 16.9 Å². The molecule has 2 heterocycles. The summed E-state index contributed by atoms with van der Waals surface area (Å²) in [5.41, 5.74) is 4.35. The van der Waals surface area contributed by atoms with Gasteiger partial charge >= 0.3 is 0 Å². The van der Waals surface area contributed by atoms with E-state index in [4.69, 9.17) is 0 Å². The molecule has 0 saturated carbocycles. The van der Waals surface area contributed by atoms with Gasteiger partial charge in [0.25, 0.3) is 5.91 Å². The van der Waals surface area contributed by atoms with Crippen molar-refractivity contribution < 1.29 is 4.79 Å². The van der Waals surface area contributed by atoms with Crippen LogP contribution in [-0.4, -0.2) is 20.7 Å². The van der Waals surface area contributed by atoms with Gasteiger partial charge in [-0.25, -0.2) is 0 Å². The summed E-state index contributed by atoms with van der Waals surface area (Å²) >= 11 is 0. The molecule has 2 N–H and O–H groups in total. The molecule has 0 bridgehead atoms. The van der Waals surface area contributed by atoms with E-state index in [-0.39, 0.29) is 5.91 Å². The number of aromatic amines is 1. The zero-order valence-electron chi connectivity index (χ0n) is 13.4. The Balaban J connectivity index is 1.46. The van der Waals surface area contributed by atoms with Crippen LogP contribution in [0.15, 0.2) is 85.3 Å². The molecule has 2 aromatic carbocycles. The number of carbonyl (C=O) groups is 1.